The molecule has 2 unspecified atom stereocenters. The number of fused-ring (bicyclic) bond motifs is 2. The predicted molar refractivity (Wildman–Crippen MR) is 58.6 cm³/mol. The van der Waals surface area contributed by atoms with Crippen molar-refractivity contribution in [2.45, 2.75) is 0 Å². The summed E-state index contributed by atoms with van der Waals surface area (Å²) < 4.78 is 0. The maximum Gasteiger partial charge on any atom is 0.0976 e. The summed E-state index contributed by atoms with van der Waals surface area (Å²) in [5, 5.41) is 9.08. The minimum absolute atomic E-state index is 0.134. The highest BCUT2D eigenvalue weighted by atomic mass is 35.5. The van der Waals surface area contributed by atoms with Crippen molar-refractivity contribution in [2.24, 2.45) is 0 Å². The van der Waals surface area contributed by atoms with Crippen LogP contribution in [0.4, 0.5) is 0 Å². The van der Waals surface area contributed by atoms with Crippen LogP contribution in [0.5, 0.6) is 0 Å². The maximum atomic E-state index is 9.08. The van der Waals surface area contributed by atoms with Gasteiger partial charge in [-0.1, -0.05) is 17.7 Å². The van der Waals surface area contributed by atoms with E-state index in [-0.39, 0.29) is 6.73 Å². The first-order chi connectivity index (χ1) is 7.31. The summed E-state index contributed by atoms with van der Waals surface area (Å²) >= 11 is 5.51. The van der Waals surface area contributed by atoms with Gasteiger partial charge in [-0.25, -0.2) is 0 Å². The van der Waals surface area contributed by atoms with Gasteiger partial charge in [-0.2, -0.15) is 0 Å². The lowest BCUT2D eigenvalue weighted by Gasteiger charge is -2.49. The van der Waals surface area contributed by atoms with Crippen LogP contribution in [0, 0.1) is 0 Å². The standard InChI is InChI=1S/C9H17ClN4O/c10-2-1-3-11-4-12-6-13(5-11)8-14(7-12)9-15/h1-2,15H,3-9H2/b2-1+. The van der Waals surface area contributed by atoms with Gasteiger partial charge in [-0.15, -0.1) is 0 Å². The van der Waals surface area contributed by atoms with E-state index in [1.807, 2.05) is 11.0 Å². The summed E-state index contributed by atoms with van der Waals surface area (Å²) in [6.45, 7) is 5.58. The Labute approximate surface area is 95.1 Å². The van der Waals surface area contributed by atoms with E-state index in [4.69, 9.17) is 16.7 Å². The average molecular weight is 233 g/mol. The van der Waals surface area contributed by atoms with Crippen molar-refractivity contribution in [3.05, 3.63) is 11.6 Å². The van der Waals surface area contributed by atoms with Gasteiger partial charge < -0.3 is 5.11 Å². The smallest absolute Gasteiger partial charge is 0.0976 e. The number of nitrogens with zero attached hydrogens (tertiary/aromatic N) is 4. The molecule has 2 rings (SSSR count). The molecule has 2 aliphatic heterocycles. The summed E-state index contributed by atoms with van der Waals surface area (Å²) in [6, 6.07) is 0. The Balaban J connectivity index is 1.87. The Morgan fingerprint density at radius 1 is 1.00 bits per heavy atom. The second-order valence-corrected chi connectivity index (χ2v) is 4.33. The number of aliphatic hydroxyl groups is 1. The number of aliphatic hydroxyl groups excluding tert-OH is 1. The highest BCUT2D eigenvalue weighted by molar-refractivity contribution is 6.25. The van der Waals surface area contributed by atoms with Gasteiger partial charge in [0.2, 0.25) is 0 Å². The molecule has 86 valence electrons. The molecule has 0 amide bonds. The lowest BCUT2D eigenvalue weighted by Crippen LogP contribution is -2.64. The summed E-state index contributed by atoms with van der Waals surface area (Å²) in [6.07, 6.45) is 1.95. The fourth-order valence-corrected chi connectivity index (χ4v) is 2.25. The van der Waals surface area contributed by atoms with Crippen LogP contribution >= 0.6 is 11.6 Å². The predicted octanol–water partition coefficient (Wildman–Crippen LogP) is -0.289. The molecule has 2 atom stereocenters. The van der Waals surface area contributed by atoms with Crippen LogP contribution in [-0.4, -0.2) is 71.3 Å². The third-order valence-corrected chi connectivity index (χ3v) is 2.83. The van der Waals surface area contributed by atoms with Crippen LogP contribution in [0.15, 0.2) is 11.6 Å². The van der Waals surface area contributed by atoms with Crippen LogP contribution in [0.1, 0.15) is 0 Å². The maximum absolute atomic E-state index is 9.08. The van der Waals surface area contributed by atoms with E-state index in [0.29, 0.717) is 0 Å². The third-order valence-electron chi connectivity index (χ3n) is 2.65. The molecule has 2 fully saturated rings. The molecule has 0 aromatic heterocycles. The summed E-state index contributed by atoms with van der Waals surface area (Å²) in [7, 11) is 0. The molecule has 0 aliphatic carbocycles. The monoisotopic (exact) mass is 232 g/mol. The van der Waals surface area contributed by atoms with Crippen molar-refractivity contribution in [3.8, 4) is 0 Å². The first-order valence-electron chi connectivity index (χ1n) is 5.07. The highest BCUT2D eigenvalue weighted by Gasteiger charge is 2.29. The first-order valence-corrected chi connectivity index (χ1v) is 5.51. The van der Waals surface area contributed by atoms with Crippen LogP contribution in [0.25, 0.3) is 0 Å². The average Bonchev–Trinajstić information content (AvgIpc) is 2.25. The van der Waals surface area contributed by atoms with E-state index in [2.05, 4.69) is 14.7 Å². The Morgan fingerprint density at radius 3 is 2.13 bits per heavy atom. The van der Waals surface area contributed by atoms with Gasteiger partial charge in [0.05, 0.1) is 40.1 Å². The van der Waals surface area contributed by atoms with Gasteiger partial charge >= 0.3 is 0 Å². The van der Waals surface area contributed by atoms with E-state index < -0.39 is 0 Å². The molecular formula is C9H17ClN4O. The second kappa shape index (κ2) is 5.25. The molecule has 2 aliphatic rings. The molecule has 2 heterocycles. The minimum Gasteiger partial charge on any atom is -0.381 e. The van der Waals surface area contributed by atoms with E-state index in [9.17, 15) is 0 Å². The van der Waals surface area contributed by atoms with Crippen LogP contribution in [0.3, 0.4) is 0 Å². The van der Waals surface area contributed by atoms with Crippen molar-refractivity contribution >= 4 is 11.6 Å². The van der Waals surface area contributed by atoms with E-state index >= 15 is 0 Å². The largest absolute Gasteiger partial charge is 0.381 e. The van der Waals surface area contributed by atoms with E-state index in [1.54, 1.807) is 5.54 Å². The molecule has 1 N–H and O–H groups in total. The van der Waals surface area contributed by atoms with Crippen molar-refractivity contribution in [2.75, 3.05) is 46.6 Å². The Hall–Kier alpha value is -0.170. The molecule has 5 nitrogen and oxygen atoms in total. The molecule has 0 aromatic carbocycles. The van der Waals surface area contributed by atoms with Crippen LogP contribution < -0.4 is 0 Å². The molecule has 6 heteroatoms. The SMILES string of the molecule is OCN1CN2CN(C/C=C/Cl)CN(C1)C2. The van der Waals surface area contributed by atoms with Crippen molar-refractivity contribution in [1.29, 1.82) is 0 Å². The Kier molecular flexibility index (Phi) is 3.96. The van der Waals surface area contributed by atoms with E-state index in [0.717, 1.165) is 39.9 Å². The summed E-state index contributed by atoms with van der Waals surface area (Å²) in [5.74, 6) is 0. The summed E-state index contributed by atoms with van der Waals surface area (Å²) in [5.41, 5.74) is 1.56. The Morgan fingerprint density at radius 2 is 1.60 bits per heavy atom. The van der Waals surface area contributed by atoms with Gasteiger partial charge in [0.15, 0.2) is 0 Å². The molecule has 15 heavy (non-hydrogen) atoms. The molecule has 0 radical (unpaired) electrons. The number of halogens is 1. The fourth-order valence-electron chi connectivity index (χ4n) is 2.17. The summed E-state index contributed by atoms with van der Waals surface area (Å²) in [4.78, 5) is 8.92. The first kappa shape index (κ1) is 11.3. The molecule has 0 spiro atoms. The Bertz CT molecular complexity index is 224. The second-order valence-electron chi connectivity index (χ2n) is 4.08. The third kappa shape index (κ3) is 2.90. The molecule has 2 bridgehead atoms. The van der Waals surface area contributed by atoms with Crippen molar-refractivity contribution in [3.63, 3.8) is 0 Å². The van der Waals surface area contributed by atoms with Crippen molar-refractivity contribution in [1.82, 2.24) is 19.6 Å². The van der Waals surface area contributed by atoms with E-state index in [1.165, 1.54) is 0 Å². The molecule has 0 saturated carbocycles. The lowest BCUT2D eigenvalue weighted by atomic mass is 10.4. The molecule has 0 aromatic rings. The molecular weight excluding hydrogens is 216 g/mol. The van der Waals surface area contributed by atoms with Crippen LogP contribution in [-0.2, 0) is 0 Å². The number of rotatable bonds is 3. The quantitative estimate of drug-likeness (QED) is 0.724. The zero-order valence-electron chi connectivity index (χ0n) is 8.72. The topological polar surface area (TPSA) is 33.2 Å². The van der Waals surface area contributed by atoms with Gasteiger partial charge in [0.25, 0.3) is 0 Å². The highest BCUT2D eigenvalue weighted by Crippen LogP contribution is 2.13. The van der Waals surface area contributed by atoms with Gasteiger partial charge in [-0.3, -0.25) is 19.6 Å². The lowest BCUT2D eigenvalue weighted by molar-refractivity contribution is -0.135. The van der Waals surface area contributed by atoms with Gasteiger partial charge in [-0.05, 0) is 0 Å². The van der Waals surface area contributed by atoms with Gasteiger partial charge in [0, 0.05) is 12.1 Å². The van der Waals surface area contributed by atoms with Crippen LogP contribution in [0.2, 0.25) is 0 Å². The van der Waals surface area contributed by atoms with Crippen molar-refractivity contribution < 1.29 is 5.11 Å². The normalized spacial score (nSPS) is 33.7. The number of hydrogen-bond donors (Lipinski definition) is 1. The zero-order chi connectivity index (χ0) is 10.7. The van der Waals surface area contributed by atoms with Gasteiger partial charge in [0.1, 0.15) is 0 Å². The minimum atomic E-state index is 0.134. The zero-order valence-corrected chi connectivity index (χ0v) is 9.47. The number of hydrogen-bond acceptors (Lipinski definition) is 5. The fraction of sp³-hybridized carbons (Fsp3) is 0.778. The molecule has 2 saturated heterocycles.